The summed E-state index contributed by atoms with van der Waals surface area (Å²) in [4.78, 5) is 16.2. The fourth-order valence-electron chi connectivity index (χ4n) is 1.70. The molecule has 0 spiro atoms. The number of amidine groups is 1. The molecule has 0 atom stereocenters. The summed E-state index contributed by atoms with van der Waals surface area (Å²) in [6, 6.07) is 13.3. The summed E-state index contributed by atoms with van der Waals surface area (Å²) in [6.07, 6.45) is 0. The molecule has 2 rings (SSSR count). The van der Waals surface area contributed by atoms with Crippen molar-refractivity contribution in [2.75, 3.05) is 11.0 Å². The van der Waals surface area contributed by atoms with Gasteiger partial charge in [-0.2, -0.15) is 0 Å². The van der Waals surface area contributed by atoms with Gasteiger partial charge in [0.1, 0.15) is 0 Å². The molecule has 0 radical (unpaired) electrons. The molecular weight excluding hydrogens is 429 g/mol. The summed E-state index contributed by atoms with van der Waals surface area (Å²) in [5, 5.41) is 19.6. The Morgan fingerprint density at radius 3 is 2.65 bits per heavy atom. The van der Waals surface area contributed by atoms with Gasteiger partial charge in [-0.1, -0.05) is 30.0 Å². The van der Waals surface area contributed by atoms with Crippen LogP contribution in [0.15, 0.2) is 53.5 Å². The van der Waals surface area contributed by atoms with Crippen LogP contribution >= 0.6 is 34.4 Å². The zero-order valence-corrected chi connectivity index (χ0v) is 14.8. The molecule has 0 fully saturated rings. The predicted molar refractivity (Wildman–Crippen MR) is 101 cm³/mol. The number of ketones is 1. The highest BCUT2D eigenvalue weighted by Gasteiger charge is 2.07. The van der Waals surface area contributed by atoms with Gasteiger partial charge in [0.05, 0.1) is 17.1 Å². The molecule has 0 aliphatic heterocycles. The summed E-state index contributed by atoms with van der Waals surface area (Å²) in [5.41, 5.74) is 6.88. The second kappa shape index (κ2) is 8.29. The van der Waals surface area contributed by atoms with Gasteiger partial charge in [0.25, 0.3) is 0 Å². The van der Waals surface area contributed by atoms with Crippen molar-refractivity contribution in [1.82, 2.24) is 0 Å². The topological polar surface area (TPSA) is 102 Å². The normalized spacial score (nSPS) is 11.3. The predicted octanol–water partition coefficient (Wildman–Crippen LogP) is 3.55. The first kappa shape index (κ1) is 17.7. The number of nitrogens with two attached hydrogens (primary N) is 1. The molecule has 0 saturated carbocycles. The SMILES string of the molecule is NC(=Nc1cccc(N([O-])O)c1)SCC(=O)c1ccc(I)cc1. The molecule has 0 bridgehead atoms. The van der Waals surface area contributed by atoms with Crippen LogP contribution in [0.5, 0.6) is 0 Å². The summed E-state index contributed by atoms with van der Waals surface area (Å²) in [5.74, 6) is 0.128. The molecule has 0 saturated heterocycles. The fourth-order valence-corrected chi connectivity index (χ4v) is 2.67. The van der Waals surface area contributed by atoms with E-state index in [1.165, 1.54) is 12.1 Å². The number of benzene rings is 2. The van der Waals surface area contributed by atoms with Crippen LogP contribution in [0.4, 0.5) is 11.4 Å². The van der Waals surface area contributed by atoms with E-state index < -0.39 is 0 Å². The van der Waals surface area contributed by atoms with E-state index >= 15 is 0 Å². The molecule has 2 aromatic rings. The Morgan fingerprint density at radius 2 is 2.00 bits per heavy atom. The molecule has 0 unspecified atom stereocenters. The van der Waals surface area contributed by atoms with Crippen LogP contribution in [0.2, 0.25) is 0 Å². The van der Waals surface area contributed by atoms with Crippen LogP contribution in [0.1, 0.15) is 10.4 Å². The monoisotopic (exact) mass is 442 g/mol. The highest BCUT2D eigenvalue weighted by molar-refractivity contribution is 14.1. The van der Waals surface area contributed by atoms with Crippen molar-refractivity contribution in [2.45, 2.75) is 0 Å². The molecule has 8 heteroatoms. The zero-order valence-electron chi connectivity index (χ0n) is 11.8. The molecule has 0 aliphatic rings. The average molecular weight is 442 g/mol. The van der Waals surface area contributed by atoms with Gasteiger partial charge < -0.3 is 16.2 Å². The van der Waals surface area contributed by atoms with Crippen LogP contribution < -0.4 is 11.0 Å². The molecule has 2 aromatic carbocycles. The minimum absolute atomic E-state index is 0.0422. The number of carbonyl (C=O) groups is 1. The third-order valence-electron chi connectivity index (χ3n) is 2.81. The lowest BCUT2D eigenvalue weighted by Gasteiger charge is -2.21. The van der Waals surface area contributed by atoms with E-state index in [-0.39, 0.29) is 27.6 Å². The Labute approximate surface area is 151 Å². The van der Waals surface area contributed by atoms with E-state index in [0.29, 0.717) is 11.3 Å². The number of rotatable bonds is 5. The lowest BCUT2D eigenvalue weighted by Crippen LogP contribution is -2.11. The first-order chi connectivity index (χ1) is 11.0. The van der Waals surface area contributed by atoms with Gasteiger partial charge in [-0.25, -0.2) is 4.99 Å². The van der Waals surface area contributed by atoms with Gasteiger partial charge in [0, 0.05) is 9.13 Å². The van der Waals surface area contributed by atoms with Gasteiger partial charge in [0.2, 0.25) is 0 Å². The number of halogens is 1. The summed E-state index contributed by atoms with van der Waals surface area (Å²) < 4.78 is 1.06. The first-order valence-electron chi connectivity index (χ1n) is 6.47. The van der Waals surface area contributed by atoms with Crippen molar-refractivity contribution in [3.05, 3.63) is 62.9 Å². The summed E-state index contributed by atoms with van der Waals surface area (Å²) in [7, 11) is 0. The fraction of sp³-hybridized carbons (Fsp3) is 0.0667. The van der Waals surface area contributed by atoms with Crippen molar-refractivity contribution in [3.63, 3.8) is 0 Å². The lowest BCUT2D eigenvalue weighted by atomic mass is 10.2. The maximum absolute atomic E-state index is 12.0. The van der Waals surface area contributed by atoms with Gasteiger partial charge in [-0.3, -0.25) is 10.0 Å². The number of hydrogen-bond acceptors (Lipinski definition) is 6. The molecule has 3 N–H and O–H groups in total. The van der Waals surface area contributed by atoms with Crippen LogP contribution in [0.25, 0.3) is 0 Å². The Morgan fingerprint density at radius 1 is 1.30 bits per heavy atom. The van der Waals surface area contributed by atoms with Gasteiger partial charge in [-0.05, 0) is 52.9 Å². The maximum atomic E-state index is 12.0. The summed E-state index contributed by atoms with van der Waals surface area (Å²) >= 11 is 3.29. The number of nitrogens with zero attached hydrogens (tertiary/aromatic N) is 2. The van der Waals surface area contributed by atoms with E-state index in [1.54, 1.807) is 24.3 Å². The van der Waals surface area contributed by atoms with Crippen LogP contribution in [-0.2, 0) is 0 Å². The van der Waals surface area contributed by atoms with Crippen LogP contribution in [0.3, 0.4) is 0 Å². The Balaban J connectivity index is 1.98. The molecule has 0 aliphatic carbocycles. The first-order valence-corrected chi connectivity index (χ1v) is 8.54. The third kappa shape index (κ3) is 5.50. The number of carbonyl (C=O) groups excluding carboxylic acids is 1. The Kier molecular flexibility index (Phi) is 6.39. The molecule has 6 nitrogen and oxygen atoms in total. The maximum Gasteiger partial charge on any atom is 0.173 e. The van der Waals surface area contributed by atoms with E-state index in [4.69, 9.17) is 10.9 Å². The van der Waals surface area contributed by atoms with Crippen molar-refractivity contribution in [1.29, 1.82) is 0 Å². The van der Waals surface area contributed by atoms with E-state index in [2.05, 4.69) is 27.6 Å². The molecular formula is C15H13IN3O3S-. The van der Waals surface area contributed by atoms with Gasteiger partial charge >= 0.3 is 0 Å². The van der Waals surface area contributed by atoms with E-state index in [9.17, 15) is 10.0 Å². The minimum atomic E-state index is -0.247. The Hall–Kier alpha value is -1.62. The minimum Gasteiger partial charge on any atom is -0.733 e. The second-order valence-corrected chi connectivity index (χ2v) is 6.70. The number of Topliss-reactive ketones (excluding diaryl/α,β-unsaturated/α-hetero) is 1. The van der Waals surface area contributed by atoms with Crippen LogP contribution in [-0.4, -0.2) is 21.9 Å². The highest BCUT2D eigenvalue weighted by atomic mass is 127. The van der Waals surface area contributed by atoms with Gasteiger partial charge in [-0.15, -0.1) is 0 Å². The number of aliphatic imine (C=N–C) groups is 1. The van der Waals surface area contributed by atoms with Crippen molar-refractivity contribution < 1.29 is 10.0 Å². The molecule has 0 amide bonds. The van der Waals surface area contributed by atoms with E-state index in [1.807, 2.05) is 12.1 Å². The molecule has 0 heterocycles. The third-order valence-corrected chi connectivity index (χ3v) is 4.32. The number of thioether (sulfide) groups is 1. The standard InChI is InChI=1S/C15H13IN3O3S/c16-11-6-4-10(5-7-11)14(20)9-23-15(17)18-12-2-1-3-13(8-12)19(21)22/h1-8,21H,9H2,(H2,17,18)/q-1. The second-order valence-electron chi connectivity index (χ2n) is 4.46. The zero-order chi connectivity index (χ0) is 16.8. The quantitative estimate of drug-likeness (QED) is 0.242. The van der Waals surface area contributed by atoms with Crippen molar-refractivity contribution in [2.24, 2.45) is 10.7 Å². The molecule has 0 aromatic heterocycles. The highest BCUT2D eigenvalue weighted by Crippen LogP contribution is 2.21. The van der Waals surface area contributed by atoms with Crippen molar-refractivity contribution in [3.8, 4) is 0 Å². The van der Waals surface area contributed by atoms with Crippen molar-refractivity contribution >= 4 is 56.7 Å². The molecule has 23 heavy (non-hydrogen) atoms. The number of anilines is 1. The number of hydrogen-bond donors (Lipinski definition) is 2. The molecule has 120 valence electrons. The van der Waals surface area contributed by atoms with Crippen LogP contribution in [0, 0.1) is 8.78 Å². The summed E-state index contributed by atoms with van der Waals surface area (Å²) in [6.45, 7) is 0. The lowest BCUT2D eigenvalue weighted by molar-refractivity contribution is 0.102. The average Bonchev–Trinajstić information content (AvgIpc) is 2.53. The van der Waals surface area contributed by atoms with Gasteiger partial charge in [0.15, 0.2) is 11.0 Å². The Bertz CT molecular complexity index is 720. The largest absolute Gasteiger partial charge is 0.733 e. The van der Waals surface area contributed by atoms with E-state index in [0.717, 1.165) is 15.3 Å². The smallest absolute Gasteiger partial charge is 0.173 e.